The zero-order valence-electron chi connectivity index (χ0n) is 9.68. The summed E-state index contributed by atoms with van der Waals surface area (Å²) in [5, 5.41) is 3.09. The summed E-state index contributed by atoms with van der Waals surface area (Å²) < 4.78 is 5.66. The van der Waals surface area contributed by atoms with Gasteiger partial charge in [-0.25, -0.2) is 9.78 Å². The lowest BCUT2D eigenvalue weighted by Gasteiger charge is -2.09. The van der Waals surface area contributed by atoms with Gasteiger partial charge in [0, 0.05) is 16.4 Å². The molecule has 92 valence electrons. The summed E-state index contributed by atoms with van der Waals surface area (Å²) in [6.45, 7) is 0. The second-order valence-electron chi connectivity index (χ2n) is 3.53. The number of carbonyl (C=O) groups is 1. The summed E-state index contributed by atoms with van der Waals surface area (Å²) in [6, 6.07) is 11.0. The summed E-state index contributed by atoms with van der Waals surface area (Å²) in [4.78, 5) is 15.7. The largest absolute Gasteiger partial charge is 0.465 e. The highest BCUT2D eigenvalue weighted by molar-refractivity contribution is 9.10. The predicted molar refractivity (Wildman–Crippen MR) is 73.0 cm³/mol. The molecule has 0 aliphatic heterocycles. The molecular formula is C13H11BrN2O2. The molecule has 0 atom stereocenters. The molecule has 0 unspecified atom stereocenters. The van der Waals surface area contributed by atoms with E-state index in [9.17, 15) is 4.79 Å². The van der Waals surface area contributed by atoms with Gasteiger partial charge in [-0.3, -0.25) is 0 Å². The van der Waals surface area contributed by atoms with Crippen LogP contribution < -0.4 is 5.32 Å². The first kappa shape index (κ1) is 12.6. The van der Waals surface area contributed by atoms with Crippen LogP contribution in [0.2, 0.25) is 0 Å². The fourth-order valence-electron chi connectivity index (χ4n) is 1.48. The lowest BCUT2D eigenvalue weighted by molar-refractivity contribution is 0.0601. The van der Waals surface area contributed by atoms with Crippen LogP contribution in [-0.2, 0) is 4.74 Å². The van der Waals surface area contributed by atoms with Crippen LogP contribution in [0.3, 0.4) is 0 Å². The van der Waals surface area contributed by atoms with E-state index in [2.05, 4.69) is 26.2 Å². The van der Waals surface area contributed by atoms with Gasteiger partial charge in [-0.2, -0.15) is 0 Å². The Bertz CT molecular complexity index is 572. The van der Waals surface area contributed by atoms with E-state index >= 15 is 0 Å². The zero-order chi connectivity index (χ0) is 13.0. The average Bonchev–Trinajstić information content (AvgIpc) is 2.38. The Morgan fingerprint density at radius 2 is 2.17 bits per heavy atom. The maximum Gasteiger partial charge on any atom is 0.341 e. The number of nitrogens with one attached hydrogen (secondary N) is 1. The Morgan fingerprint density at radius 1 is 1.33 bits per heavy atom. The van der Waals surface area contributed by atoms with Crippen LogP contribution in [0, 0.1) is 0 Å². The van der Waals surface area contributed by atoms with Crippen LogP contribution in [0.5, 0.6) is 0 Å². The van der Waals surface area contributed by atoms with Crippen molar-refractivity contribution in [2.24, 2.45) is 0 Å². The number of halogens is 1. The summed E-state index contributed by atoms with van der Waals surface area (Å²) >= 11 is 3.38. The maximum atomic E-state index is 11.6. The number of nitrogens with zero attached hydrogens (tertiary/aromatic N) is 1. The number of methoxy groups -OCH3 is 1. The van der Waals surface area contributed by atoms with E-state index in [1.165, 1.54) is 7.11 Å². The Kier molecular flexibility index (Phi) is 3.94. The number of esters is 1. The van der Waals surface area contributed by atoms with Crippen LogP contribution in [0.4, 0.5) is 11.5 Å². The average molecular weight is 307 g/mol. The van der Waals surface area contributed by atoms with E-state index in [0.29, 0.717) is 11.4 Å². The number of anilines is 2. The molecule has 2 aromatic rings. The van der Waals surface area contributed by atoms with Gasteiger partial charge in [0.1, 0.15) is 11.4 Å². The highest BCUT2D eigenvalue weighted by atomic mass is 79.9. The minimum absolute atomic E-state index is 0.403. The minimum Gasteiger partial charge on any atom is -0.465 e. The van der Waals surface area contributed by atoms with Crippen molar-refractivity contribution in [2.75, 3.05) is 12.4 Å². The van der Waals surface area contributed by atoms with Crippen molar-refractivity contribution in [2.45, 2.75) is 0 Å². The van der Waals surface area contributed by atoms with Gasteiger partial charge in [-0.05, 0) is 30.3 Å². The minimum atomic E-state index is -0.416. The molecule has 1 heterocycles. The fraction of sp³-hybridized carbons (Fsp3) is 0.0769. The molecule has 0 saturated carbocycles. The third-order valence-corrected chi connectivity index (χ3v) is 2.79. The van der Waals surface area contributed by atoms with Crippen LogP contribution in [-0.4, -0.2) is 18.1 Å². The number of ether oxygens (including phenoxy) is 1. The monoisotopic (exact) mass is 306 g/mol. The van der Waals surface area contributed by atoms with Crippen molar-refractivity contribution in [3.05, 3.63) is 52.6 Å². The smallest absolute Gasteiger partial charge is 0.341 e. The van der Waals surface area contributed by atoms with Crippen LogP contribution in [0.25, 0.3) is 0 Å². The lowest BCUT2D eigenvalue weighted by atomic mass is 10.2. The molecule has 0 aliphatic carbocycles. The van der Waals surface area contributed by atoms with E-state index in [0.717, 1.165) is 10.2 Å². The highest BCUT2D eigenvalue weighted by Crippen LogP contribution is 2.21. The first-order chi connectivity index (χ1) is 8.70. The van der Waals surface area contributed by atoms with Gasteiger partial charge in [-0.15, -0.1) is 0 Å². The van der Waals surface area contributed by atoms with E-state index in [1.807, 2.05) is 24.3 Å². The second kappa shape index (κ2) is 5.64. The zero-order valence-corrected chi connectivity index (χ0v) is 11.3. The molecule has 0 saturated heterocycles. The molecule has 0 spiro atoms. The molecule has 0 bridgehead atoms. The number of aromatic nitrogens is 1. The van der Waals surface area contributed by atoms with Gasteiger partial charge in [0.05, 0.1) is 7.11 Å². The van der Waals surface area contributed by atoms with Gasteiger partial charge in [-0.1, -0.05) is 22.0 Å². The van der Waals surface area contributed by atoms with Crippen molar-refractivity contribution in [1.82, 2.24) is 4.98 Å². The van der Waals surface area contributed by atoms with Gasteiger partial charge in [0.25, 0.3) is 0 Å². The molecule has 0 fully saturated rings. The maximum absolute atomic E-state index is 11.6. The van der Waals surface area contributed by atoms with Crippen LogP contribution >= 0.6 is 15.9 Å². The van der Waals surface area contributed by atoms with E-state index in [1.54, 1.807) is 18.3 Å². The Balaban J connectivity index is 2.32. The molecule has 0 amide bonds. The number of hydrogen-bond donors (Lipinski definition) is 1. The highest BCUT2D eigenvalue weighted by Gasteiger charge is 2.12. The van der Waals surface area contributed by atoms with E-state index in [4.69, 9.17) is 4.74 Å². The molecule has 1 aromatic heterocycles. The molecular weight excluding hydrogens is 296 g/mol. The van der Waals surface area contributed by atoms with Crippen molar-refractivity contribution >= 4 is 33.4 Å². The first-order valence-corrected chi connectivity index (χ1v) is 6.06. The third kappa shape index (κ3) is 2.87. The number of carbonyl (C=O) groups excluding carboxylic acids is 1. The summed E-state index contributed by atoms with van der Waals surface area (Å²) in [5.74, 6) is 0.0584. The van der Waals surface area contributed by atoms with Crippen molar-refractivity contribution in [3.8, 4) is 0 Å². The number of hydrogen-bond acceptors (Lipinski definition) is 4. The van der Waals surface area contributed by atoms with Crippen LogP contribution in [0.15, 0.2) is 47.1 Å². The predicted octanol–water partition coefficient (Wildman–Crippen LogP) is 3.37. The third-order valence-electron chi connectivity index (χ3n) is 2.30. The van der Waals surface area contributed by atoms with Crippen LogP contribution in [0.1, 0.15) is 10.4 Å². The molecule has 1 N–H and O–H groups in total. The molecule has 5 heteroatoms. The van der Waals surface area contributed by atoms with Gasteiger partial charge >= 0.3 is 5.97 Å². The molecule has 1 aromatic carbocycles. The summed E-state index contributed by atoms with van der Waals surface area (Å²) in [5.41, 5.74) is 1.24. The normalized spacial score (nSPS) is 9.89. The molecule has 2 rings (SSSR count). The fourth-order valence-corrected chi connectivity index (χ4v) is 1.88. The SMILES string of the molecule is COC(=O)c1cccnc1Nc1cccc(Br)c1. The van der Waals surface area contributed by atoms with E-state index < -0.39 is 5.97 Å². The Morgan fingerprint density at radius 3 is 2.89 bits per heavy atom. The second-order valence-corrected chi connectivity index (χ2v) is 4.44. The number of benzene rings is 1. The number of pyridine rings is 1. The van der Waals surface area contributed by atoms with E-state index in [-0.39, 0.29) is 0 Å². The first-order valence-electron chi connectivity index (χ1n) is 5.26. The van der Waals surface area contributed by atoms with Gasteiger partial charge < -0.3 is 10.1 Å². The van der Waals surface area contributed by atoms with Crippen molar-refractivity contribution in [3.63, 3.8) is 0 Å². The molecule has 4 nitrogen and oxygen atoms in total. The van der Waals surface area contributed by atoms with Gasteiger partial charge in [0.2, 0.25) is 0 Å². The number of rotatable bonds is 3. The van der Waals surface area contributed by atoms with Gasteiger partial charge in [0.15, 0.2) is 0 Å². The standard InChI is InChI=1S/C13H11BrN2O2/c1-18-13(17)11-6-3-7-15-12(11)16-10-5-2-4-9(14)8-10/h2-8H,1H3,(H,15,16). The van der Waals surface area contributed by atoms with Crippen molar-refractivity contribution in [1.29, 1.82) is 0 Å². The Labute approximate surface area is 113 Å². The summed E-state index contributed by atoms with van der Waals surface area (Å²) in [6.07, 6.45) is 1.62. The lowest BCUT2D eigenvalue weighted by Crippen LogP contribution is -2.06. The molecule has 0 aliphatic rings. The quantitative estimate of drug-likeness (QED) is 0.883. The van der Waals surface area contributed by atoms with Crippen molar-refractivity contribution < 1.29 is 9.53 Å². The molecule has 0 radical (unpaired) electrons. The topological polar surface area (TPSA) is 51.2 Å². The Hall–Kier alpha value is -1.88. The summed E-state index contributed by atoms with van der Waals surface area (Å²) in [7, 11) is 1.35. The molecule has 18 heavy (non-hydrogen) atoms.